The van der Waals surface area contributed by atoms with Gasteiger partial charge in [0.2, 0.25) is 0 Å². The Morgan fingerprint density at radius 1 is 1.29 bits per heavy atom. The van der Waals surface area contributed by atoms with Crippen LogP contribution in [-0.4, -0.2) is 40.9 Å². The summed E-state index contributed by atoms with van der Waals surface area (Å²) in [5.74, 6) is 1.77. The van der Waals surface area contributed by atoms with Gasteiger partial charge in [-0.25, -0.2) is 9.97 Å². The fourth-order valence-electron chi connectivity index (χ4n) is 2.03. The zero-order chi connectivity index (χ0) is 12.4. The summed E-state index contributed by atoms with van der Waals surface area (Å²) in [5, 5.41) is 2.88. The van der Waals surface area contributed by atoms with Gasteiger partial charge < -0.3 is 10.2 Å². The van der Waals surface area contributed by atoms with Crippen molar-refractivity contribution in [1.82, 2.24) is 14.9 Å². The van der Waals surface area contributed by atoms with Gasteiger partial charge in [0.1, 0.15) is 11.5 Å². The van der Waals surface area contributed by atoms with E-state index < -0.39 is 0 Å². The Kier molecular flexibility index (Phi) is 3.26. The number of nitrogens with one attached hydrogen (secondary N) is 1. The Morgan fingerprint density at radius 3 is 2.41 bits per heavy atom. The molecule has 1 aromatic rings. The summed E-state index contributed by atoms with van der Waals surface area (Å²) < 4.78 is 0. The van der Waals surface area contributed by atoms with E-state index in [-0.39, 0.29) is 5.91 Å². The van der Waals surface area contributed by atoms with Crippen LogP contribution in [0.1, 0.15) is 24.3 Å². The number of likely N-dealkylation sites (tertiary alicyclic amines) is 1. The summed E-state index contributed by atoms with van der Waals surface area (Å²) in [5.41, 5.74) is 0.422. The van der Waals surface area contributed by atoms with Gasteiger partial charge >= 0.3 is 0 Å². The second-order valence-corrected chi connectivity index (χ2v) is 4.70. The van der Waals surface area contributed by atoms with Crippen molar-refractivity contribution in [2.24, 2.45) is 11.8 Å². The van der Waals surface area contributed by atoms with Gasteiger partial charge in [-0.3, -0.25) is 4.79 Å². The third kappa shape index (κ3) is 2.38. The topological polar surface area (TPSA) is 58.1 Å². The first kappa shape index (κ1) is 11.8. The van der Waals surface area contributed by atoms with Crippen LogP contribution in [0.2, 0.25) is 0 Å². The first-order valence-corrected chi connectivity index (χ1v) is 5.91. The molecular weight excluding hydrogens is 216 g/mol. The Bertz CT molecular complexity index is 393. The SMILES string of the molecule is CNc1cnc(C(=O)N2CC(C)C(C)C2)cn1. The maximum Gasteiger partial charge on any atom is 0.274 e. The van der Waals surface area contributed by atoms with Crippen LogP contribution >= 0.6 is 0 Å². The molecule has 1 saturated heterocycles. The molecular formula is C12H18N4O. The van der Waals surface area contributed by atoms with Crippen molar-refractivity contribution in [3.05, 3.63) is 18.1 Å². The third-order valence-corrected chi connectivity index (χ3v) is 3.40. The molecule has 1 aliphatic rings. The highest BCUT2D eigenvalue weighted by molar-refractivity contribution is 5.92. The van der Waals surface area contributed by atoms with Gasteiger partial charge in [0.05, 0.1) is 12.4 Å². The molecule has 17 heavy (non-hydrogen) atoms. The minimum atomic E-state index is -0.0173. The Balaban J connectivity index is 2.09. The summed E-state index contributed by atoms with van der Waals surface area (Å²) in [6.45, 7) is 5.98. The molecule has 0 spiro atoms. The average molecular weight is 234 g/mol. The van der Waals surface area contributed by atoms with Crippen LogP contribution < -0.4 is 5.32 Å². The highest BCUT2D eigenvalue weighted by Gasteiger charge is 2.30. The van der Waals surface area contributed by atoms with E-state index >= 15 is 0 Å². The number of nitrogens with zero attached hydrogens (tertiary/aromatic N) is 3. The largest absolute Gasteiger partial charge is 0.372 e. The van der Waals surface area contributed by atoms with Crippen LogP contribution in [0, 0.1) is 11.8 Å². The van der Waals surface area contributed by atoms with E-state index in [4.69, 9.17) is 0 Å². The van der Waals surface area contributed by atoms with E-state index in [2.05, 4.69) is 29.1 Å². The monoisotopic (exact) mass is 234 g/mol. The molecule has 2 unspecified atom stereocenters. The van der Waals surface area contributed by atoms with Gasteiger partial charge in [-0.05, 0) is 11.8 Å². The minimum absolute atomic E-state index is 0.0173. The van der Waals surface area contributed by atoms with Gasteiger partial charge in [-0.1, -0.05) is 13.8 Å². The highest BCUT2D eigenvalue weighted by atomic mass is 16.2. The maximum atomic E-state index is 12.1. The van der Waals surface area contributed by atoms with Gasteiger partial charge in [0.15, 0.2) is 0 Å². The lowest BCUT2D eigenvalue weighted by Crippen LogP contribution is -2.29. The summed E-state index contributed by atoms with van der Waals surface area (Å²) in [4.78, 5) is 22.2. The highest BCUT2D eigenvalue weighted by Crippen LogP contribution is 2.23. The molecule has 2 heterocycles. The molecule has 0 aliphatic carbocycles. The van der Waals surface area contributed by atoms with Gasteiger partial charge in [-0.2, -0.15) is 0 Å². The van der Waals surface area contributed by atoms with Crippen molar-refractivity contribution >= 4 is 11.7 Å². The predicted molar refractivity (Wildman–Crippen MR) is 65.8 cm³/mol. The van der Waals surface area contributed by atoms with Crippen LogP contribution in [0.3, 0.4) is 0 Å². The molecule has 1 fully saturated rings. The lowest BCUT2D eigenvalue weighted by molar-refractivity contribution is 0.0779. The lowest BCUT2D eigenvalue weighted by Gasteiger charge is -2.15. The standard InChI is InChI=1S/C12H18N4O/c1-8-6-16(7-9(8)2)12(17)10-4-15-11(13-3)5-14-10/h4-5,8-9H,6-7H2,1-3H3,(H,13,15). The van der Waals surface area contributed by atoms with Crippen LogP contribution in [0.15, 0.2) is 12.4 Å². The number of hydrogen-bond donors (Lipinski definition) is 1. The number of aromatic nitrogens is 2. The van der Waals surface area contributed by atoms with Crippen molar-refractivity contribution in [3.63, 3.8) is 0 Å². The van der Waals surface area contributed by atoms with Crippen molar-refractivity contribution in [2.45, 2.75) is 13.8 Å². The molecule has 2 rings (SSSR count). The quantitative estimate of drug-likeness (QED) is 0.836. The average Bonchev–Trinajstić information content (AvgIpc) is 2.69. The molecule has 92 valence electrons. The molecule has 1 N–H and O–H groups in total. The second-order valence-electron chi connectivity index (χ2n) is 4.70. The van der Waals surface area contributed by atoms with Gasteiger partial charge in [-0.15, -0.1) is 0 Å². The van der Waals surface area contributed by atoms with Crippen molar-refractivity contribution in [3.8, 4) is 0 Å². The minimum Gasteiger partial charge on any atom is -0.372 e. The lowest BCUT2D eigenvalue weighted by atomic mass is 10.0. The molecule has 0 bridgehead atoms. The number of hydrogen-bond acceptors (Lipinski definition) is 4. The fourth-order valence-corrected chi connectivity index (χ4v) is 2.03. The van der Waals surface area contributed by atoms with Crippen molar-refractivity contribution < 1.29 is 4.79 Å². The molecule has 1 aliphatic heterocycles. The van der Waals surface area contributed by atoms with E-state index in [0.29, 0.717) is 23.3 Å². The molecule has 5 heteroatoms. The van der Waals surface area contributed by atoms with E-state index in [0.717, 1.165) is 13.1 Å². The molecule has 5 nitrogen and oxygen atoms in total. The van der Waals surface area contributed by atoms with Crippen molar-refractivity contribution in [1.29, 1.82) is 0 Å². The van der Waals surface area contributed by atoms with Crippen LogP contribution in [0.4, 0.5) is 5.82 Å². The zero-order valence-electron chi connectivity index (χ0n) is 10.5. The van der Waals surface area contributed by atoms with E-state index in [9.17, 15) is 4.79 Å². The van der Waals surface area contributed by atoms with Gasteiger partial charge in [0.25, 0.3) is 5.91 Å². The number of rotatable bonds is 2. The summed E-state index contributed by atoms with van der Waals surface area (Å²) in [6, 6.07) is 0. The second kappa shape index (κ2) is 4.69. The summed E-state index contributed by atoms with van der Waals surface area (Å²) >= 11 is 0. The molecule has 0 radical (unpaired) electrons. The van der Waals surface area contributed by atoms with Crippen LogP contribution in [0.25, 0.3) is 0 Å². The summed E-state index contributed by atoms with van der Waals surface area (Å²) in [7, 11) is 1.77. The fraction of sp³-hybridized carbons (Fsp3) is 0.583. The van der Waals surface area contributed by atoms with Crippen LogP contribution in [0.5, 0.6) is 0 Å². The normalized spacial score (nSPS) is 23.8. The van der Waals surface area contributed by atoms with Crippen LogP contribution in [-0.2, 0) is 0 Å². The zero-order valence-corrected chi connectivity index (χ0v) is 10.5. The molecule has 1 aromatic heterocycles. The molecule has 0 saturated carbocycles. The van der Waals surface area contributed by atoms with Crippen molar-refractivity contribution in [2.75, 3.05) is 25.5 Å². The Labute approximate surface area is 101 Å². The first-order chi connectivity index (χ1) is 8.11. The maximum absolute atomic E-state index is 12.1. The smallest absolute Gasteiger partial charge is 0.274 e. The first-order valence-electron chi connectivity index (χ1n) is 5.91. The van der Waals surface area contributed by atoms with E-state index in [1.807, 2.05) is 4.90 Å². The van der Waals surface area contributed by atoms with Gasteiger partial charge in [0, 0.05) is 20.1 Å². The Morgan fingerprint density at radius 2 is 1.94 bits per heavy atom. The van der Waals surface area contributed by atoms with E-state index in [1.165, 1.54) is 6.20 Å². The number of anilines is 1. The third-order valence-electron chi connectivity index (χ3n) is 3.40. The molecule has 2 atom stereocenters. The molecule has 1 amide bonds. The van der Waals surface area contributed by atoms with E-state index in [1.54, 1.807) is 13.2 Å². The predicted octanol–water partition coefficient (Wildman–Crippen LogP) is 1.25. The number of carbonyl (C=O) groups is 1. The Hall–Kier alpha value is -1.65. The molecule has 0 aromatic carbocycles. The number of amides is 1. The summed E-state index contributed by atoms with van der Waals surface area (Å²) in [6.07, 6.45) is 3.11. The number of carbonyl (C=O) groups excluding carboxylic acids is 1.